The largest absolute Gasteiger partial charge is 0.506 e. The summed E-state index contributed by atoms with van der Waals surface area (Å²) < 4.78 is 0. The first-order chi connectivity index (χ1) is 13.8. The number of phenols is 2. The molecule has 3 rings (SSSR count). The fourth-order valence-corrected chi connectivity index (χ4v) is 3.08. The van der Waals surface area contributed by atoms with E-state index in [4.69, 9.17) is 0 Å². The van der Waals surface area contributed by atoms with Crippen molar-refractivity contribution in [2.75, 3.05) is 10.6 Å². The lowest BCUT2D eigenvalue weighted by Gasteiger charge is -2.27. The molecule has 0 bridgehead atoms. The maximum Gasteiger partial charge on any atom is 0.255 e. The molecule has 0 saturated heterocycles. The molecule has 0 spiro atoms. The first-order valence-corrected chi connectivity index (χ1v) is 9.06. The molecule has 2 amide bonds. The minimum Gasteiger partial charge on any atom is -0.506 e. The van der Waals surface area contributed by atoms with Gasteiger partial charge in [0, 0.05) is 11.0 Å². The highest BCUT2D eigenvalue weighted by Gasteiger charge is 2.25. The van der Waals surface area contributed by atoms with Gasteiger partial charge in [0.25, 0.3) is 5.91 Å². The Hall–Kier alpha value is -3.80. The highest BCUT2D eigenvalue weighted by molar-refractivity contribution is 6.05. The molecule has 0 heterocycles. The Labute approximate surface area is 168 Å². The molecule has 0 unspecified atom stereocenters. The number of rotatable bonds is 6. The van der Waals surface area contributed by atoms with Crippen molar-refractivity contribution >= 4 is 23.7 Å². The van der Waals surface area contributed by atoms with Gasteiger partial charge in [-0.25, -0.2) is 0 Å². The maximum absolute atomic E-state index is 12.5. The van der Waals surface area contributed by atoms with Crippen LogP contribution in [0.1, 0.15) is 35.3 Å². The number of carbonyl (C=O) groups excluding carboxylic acids is 2. The fourth-order valence-electron chi connectivity index (χ4n) is 3.08. The summed E-state index contributed by atoms with van der Waals surface area (Å²) in [6, 6.07) is 18.7. The van der Waals surface area contributed by atoms with Gasteiger partial charge in [0.05, 0.1) is 11.4 Å². The zero-order chi connectivity index (χ0) is 21.0. The maximum atomic E-state index is 12.5. The second-order valence-corrected chi connectivity index (χ2v) is 7.17. The van der Waals surface area contributed by atoms with Gasteiger partial charge < -0.3 is 20.8 Å². The molecule has 0 aliphatic heterocycles. The van der Waals surface area contributed by atoms with Gasteiger partial charge in [-0.15, -0.1) is 0 Å². The van der Waals surface area contributed by atoms with Crippen LogP contribution in [0.5, 0.6) is 11.5 Å². The summed E-state index contributed by atoms with van der Waals surface area (Å²) >= 11 is 0. The lowest BCUT2D eigenvalue weighted by molar-refractivity contribution is -0.105. The van der Waals surface area contributed by atoms with E-state index >= 15 is 0 Å². The molecule has 0 saturated carbocycles. The van der Waals surface area contributed by atoms with Crippen LogP contribution in [0.2, 0.25) is 0 Å². The van der Waals surface area contributed by atoms with E-state index in [2.05, 4.69) is 10.6 Å². The van der Waals surface area contributed by atoms with Crippen LogP contribution in [0, 0.1) is 0 Å². The third-order valence-corrected chi connectivity index (χ3v) is 4.94. The topological polar surface area (TPSA) is 98.7 Å². The van der Waals surface area contributed by atoms with Crippen molar-refractivity contribution < 1.29 is 19.8 Å². The van der Waals surface area contributed by atoms with Crippen molar-refractivity contribution in [3.05, 3.63) is 83.4 Å². The summed E-state index contributed by atoms with van der Waals surface area (Å²) in [5.74, 6) is -0.390. The van der Waals surface area contributed by atoms with E-state index in [1.807, 2.05) is 19.9 Å². The predicted octanol–water partition coefficient (Wildman–Crippen LogP) is 4.24. The Morgan fingerprint density at radius 2 is 1.41 bits per heavy atom. The summed E-state index contributed by atoms with van der Waals surface area (Å²) in [7, 11) is 0. The average molecular weight is 390 g/mol. The van der Waals surface area contributed by atoms with Gasteiger partial charge in [-0.1, -0.05) is 44.2 Å². The zero-order valence-electron chi connectivity index (χ0n) is 16.1. The lowest BCUT2D eigenvalue weighted by Crippen LogP contribution is -2.20. The molecule has 0 radical (unpaired) electrons. The monoisotopic (exact) mass is 390 g/mol. The molecule has 148 valence electrons. The van der Waals surface area contributed by atoms with Crippen molar-refractivity contribution in [3.63, 3.8) is 0 Å². The summed E-state index contributed by atoms with van der Waals surface area (Å²) in [4.78, 5) is 23.2. The minimum absolute atomic E-state index is 0.0295. The summed E-state index contributed by atoms with van der Waals surface area (Å²) in [6.07, 6.45) is 0.504. The first-order valence-electron chi connectivity index (χ1n) is 9.06. The summed E-state index contributed by atoms with van der Waals surface area (Å²) in [5.41, 5.74) is 2.23. The molecule has 6 nitrogen and oxygen atoms in total. The van der Waals surface area contributed by atoms with Crippen LogP contribution in [0.4, 0.5) is 11.4 Å². The summed E-state index contributed by atoms with van der Waals surface area (Å²) in [6.45, 7) is 3.94. The second kappa shape index (κ2) is 8.06. The van der Waals surface area contributed by atoms with E-state index in [0.29, 0.717) is 23.3 Å². The van der Waals surface area contributed by atoms with E-state index in [1.165, 1.54) is 12.1 Å². The molecule has 4 N–H and O–H groups in total. The van der Waals surface area contributed by atoms with E-state index in [1.54, 1.807) is 48.5 Å². The Morgan fingerprint density at radius 3 is 2.00 bits per heavy atom. The van der Waals surface area contributed by atoms with Crippen molar-refractivity contribution in [1.82, 2.24) is 0 Å². The molecule has 0 atom stereocenters. The SMILES string of the molecule is CC(C)(c1ccc(O)c(NC=O)c1)c1ccc(O)c(NC(=O)c2ccccc2)c1. The van der Waals surface area contributed by atoms with Gasteiger partial charge in [-0.2, -0.15) is 0 Å². The highest BCUT2D eigenvalue weighted by Crippen LogP contribution is 2.38. The third-order valence-electron chi connectivity index (χ3n) is 4.94. The number of hydrogen-bond donors (Lipinski definition) is 4. The van der Waals surface area contributed by atoms with Crippen LogP contribution in [0.25, 0.3) is 0 Å². The van der Waals surface area contributed by atoms with Gasteiger partial charge in [-0.05, 0) is 47.5 Å². The molecule has 0 aliphatic rings. The average Bonchev–Trinajstić information content (AvgIpc) is 2.71. The zero-order valence-corrected chi connectivity index (χ0v) is 16.1. The lowest BCUT2D eigenvalue weighted by atomic mass is 9.77. The van der Waals surface area contributed by atoms with Crippen molar-refractivity contribution in [2.45, 2.75) is 19.3 Å². The molecule has 3 aromatic carbocycles. The van der Waals surface area contributed by atoms with Gasteiger partial charge in [0.2, 0.25) is 6.41 Å². The van der Waals surface area contributed by atoms with Crippen LogP contribution in [-0.4, -0.2) is 22.5 Å². The first kappa shape index (κ1) is 19.9. The second-order valence-electron chi connectivity index (χ2n) is 7.17. The Bertz CT molecular complexity index is 1050. The van der Waals surface area contributed by atoms with Gasteiger partial charge in [0.15, 0.2) is 0 Å². The van der Waals surface area contributed by atoms with Crippen LogP contribution in [0.3, 0.4) is 0 Å². The van der Waals surface area contributed by atoms with Crippen molar-refractivity contribution in [2.24, 2.45) is 0 Å². The number of nitrogens with one attached hydrogen (secondary N) is 2. The molecule has 0 fully saturated rings. The minimum atomic E-state index is -0.535. The van der Waals surface area contributed by atoms with Crippen LogP contribution < -0.4 is 10.6 Å². The molecule has 0 aliphatic carbocycles. The molecule has 6 heteroatoms. The number of benzene rings is 3. The Balaban J connectivity index is 1.94. The molecular formula is C23H22N2O4. The number of anilines is 2. The van der Waals surface area contributed by atoms with Crippen LogP contribution in [0.15, 0.2) is 66.7 Å². The standard InChI is InChI=1S/C23H22N2O4/c1-23(2,16-8-10-20(27)18(12-16)24-14-26)17-9-11-21(28)19(13-17)25-22(29)15-6-4-3-5-7-15/h3-14,27-28H,1-2H3,(H,24,26)(H,25,29). The van der Waals surface area contributed by atoms with Crippen molar-refractivity contribution in [1.29, 1.82) is 0 Å². The van der Waals surface area contributed by atoms with Gasteiger partial charge >= 0.3 is 0 Å². The van der Waals surface area contributed by atoms with E-state index in [0.717, 1.165) is 11.1 Å². The Morgan fingerprint density at radius 1 is 0.862 bits per heavy atom. The number of phenolic OH excluding ortho intramolecular Hbond substituents is 2. The van der Waals surface area contributed by atoms with Crippen LogP contribution >= 0.6 is 0 Å². The molecular weight excluding hydrogens is 368 g/mol. The summed E-state index contributed by atoms with van der Waals surface area (Å²) in [5, 5.41) is 25.3. The number of hydrogen-bond acceptors (Lipinski definition) is 4. The Kier molecular flexibility index (Phi) is 5.54. The van der Waals surface area contributed by atoms with E-state index in [9.17, 15) is 19.8 Å². The molecule has 0 aromatic heterocycles. The number of carbonyl (C=O) groups is 2. The predicted molar refractivity (Wildman–Crippen MR) is 112 cm³/mol. The van der Waals surface area contributed by atoms with Gasteiger partial charge in [-0.3, -0.25) is 9.59 Å². The normalized spacial score (nSPS) is 11.0. The fraction of sp³-hybridized carbons (Fsp3) is 0.130. The van der Waals surface area contributed by atoms with Crippen LogP contribution in [-0.2, 0) is 10.2 Å². The smallest absolute Gasteiger partial charge is 0.255 e. The van der Waals surface area contributed by atoms with E-state index < -0.39 is 5.41 Å². The molecule has 3 aromatic rings. The molecule has 29 heavy (non-hydrogen) atoms. The van der Waals surface area contributed by atoms with Crippen molar-refractivity contribution in [3.8, 4) is 11.5 Å². The highest BCUT2D eigenvalue weighted by atomic mass is 16.3. The van der Waals surface area contributed by atoms with Gasteiger partial charge in [0.1, 0.15) is 11.5 Å². The quantitative estimate of drug-likeness (QED) is 0.374. The van der Waals surface area contributed by atoms with E-state index in [-0.39, 0.29) is 17.4 Å². The number of aromatic hydroxyl groups is 2. The number of amides is 2. The third kappa shape index (κ3) is 4.21.